The van der Waals surface area contributed by atoms with Crippen molar-refractivity contribution in [1.82, 2.24) is 9.71 Å². The average molecular weight is 366 g/mol. The zero-order chi connectivity index (χ0) is 17.2. The van der Waals surface area contributed by atoms with E-state index in [2.05, 4.69) is 9.71 Å². The number of halogens is 2. The molecule has 0 aliphatic rings. The summed E-state index contributed by atoms with van der Waals surface area (Å²) < 4.78 is 52.8. The summed E-state index contributed by atoms with van der Waals surface area (Å²) in [6, 6.07) is 6.21. The van der Waals surface area contributed by atoms with E-state index in [1.807, 2.05) is 22.9 Å². The standard InChI is InChI=1S/C16H12F2N2O2S2/c17-15-2-1-14(6-16(15)18)24(21,22)20-8-11-5-13(9-19-7-11)12-3-4-23-10-12/h1-7,9-10,20H,8H2. The van der Waals surface area contributed by atoms with Crippen LogP contribution in [-0.4, -0.2) is 13.4 Å². The number of rotatable bonds is 5. The highest BCUT2D eigenvalue weighted by Crippen LogP contribution is 2.22. The van der Waals surface area contributed by atoms with E-state index in [0.717, 1.165) is 23.3 Å². The first-order valence-electron chi connectivity index (χ1n) is 6.87. The third-order valence-corrected chi connectivity index (χ3v) is 5.40. The summed E-state index contributed by atoms with van der Waals surface area (Å²) in [5.74, 6) is -2.30. The van der Waals surface area contributed by atoms with Crippen molar-refractivity contribution in [2.45, 2.75) is 11.4 Å². The summed E-state index contributed by atoms with van der Waals surface area (Å²) in [7, 11) is -3.95. The molecule has 3 aromatic rings. The van der Waals surface area contributed by atoms with Crippen LogP contribution in [0.4, 0.5) is 8.78 Å². The van der Waals surface area contributed by atoms with Crippen molar-refractivity contribution >= 4 is 21.4 Å². The molecule has 2 heterocycles. The molecular weight excluding hydrogens is 354 g/mol. The second-order valence-electron chi connectivity index (χ2n) is 4.99. The van der Waals surface area contributed by atoms with Crippen molar-refractivity contribution < 1.29 is 17.2 Å². The zero-order valence-electron chi connectivity index (χ0n) is 12.2. The number of pyridine rings is 1. The third-order valence-electron chi connectivity index (χ3n) is 3.32. The lowest BCUT2D eigenvalue weighted by atomic mass is 10.1. The number of sulfonamides is 1. The molecule has 0 spiro atoms. The fourth-order valence-electron chi connectivity index (χ4n) is 2.08. The maximum absolute atomic E-state index is 13.2. The molecule has 4 nitrogen and oxygen atoms in total. The van der Waals surface area contributed by atoms with Crippen molar-refractivity contribution in [2.75, 3.05) is 0 Å². The fraction of sp³-hybridized carbons (Fsp3) is 0.0625. The van der Waals surface area contributed by atoms with Gasteiger partial charge in [0.2, 0.25) is 10.0 Å². The Morgan fingerprint density at radius 3 is 2.58 bits per heavy atom. The summed E-state index contributed by atoms with van der Waals surface area (Å²) in [6.45, 7) is -0.00763. The van der Waals surface area contributed by atoms with Gasteiger partial charge in [0, 0.05) is 24.5 Å². The lowest BCUT2D eigenvalue weighted by Crippen LogP contribution is -2.23. The second-order valence-corrected chi connectivity index (χ2v) is 7.54. The molecule has 0 saturated carbocycles. The van der Waals surface area contributed by atoms with Crippen LogP contribution >= 0.6 is 11.3 Å². The van der Waals surface area contributed by atoms with Crippen LogP contribution in [0.5, 0.6) is 0 Å². The van der Waals surface area contributed by atoms with Gasteiger partial charge in [0.25, 0.3) is 0 Å². The summed E-state index contributed by atoms with van der Waals surface area (Å²) in [5.41, 5.74) is 2.53. The molecule has 0 bridgehead atoms. The Morgan fingerprint density at radius 2 is 1.88 bits per heavy atom. The predicted molar refractivity (Wildman–Crippen MR) is 87.9 cm³/mol. The predicted octanol–water partition coefficient (Wildman–Crippen LogP) is 3.57. The monoisotopic (exact) mass is 366 g/mol. The maximum atomic E-state index is 13.2. The van der Waals surface area contributed by atoms with Crippen LogP contribution in [0, 0.1) is 11.6 Å². The van der Waals surface area contributed by atoms with Crippen LogP contribution < -0.4 is 4.72 Å². The number of thiophene rings is 1. The maximum Gasteiger partial charge on any atom is 0.240 e. The minimum Gasteiger partial charge on any atom is -0.264 e. The molecule has 0 atom stereocenters. The Labute approximate surface area is 141 Å². The SMILES string of the molecule is O=S(=O)(NCc1cncc(-c2ccsc2)c1)c1ccc(F)c(F)c1. The van der Waals surface area contributed by atoms with Gasteiger partial charge in [0.05, 0.1) is 4.90 Å². The van der Waals surface area contributed by atoms with Crippen molar-refractivity contribution in [3.8, 4) is 11.1 Å². The first-order valence-corrected chi connectivity index (χ1v) is 9.29. The molecule has 3 rings (SSSR count). The Hall–Kier alpha value is -2.16. The summed E-state index contributed by atoms with van der Waals surface area (Å²) in [6.07, 6.45) is 3.24. The molecule has 0 amide bonds. The van der Waals surface area contributed by atoms with Gasteiger partial charge in [-0.15, -0.1) is 0 Å². The van der Waals surface area contributed by atoms with Gasteiger partial charge in [-0.05, 0) is 52.2 Å². The van der Waals surface area contributed by atoms with Crippen LogP contribution in [0.15, 0.2) is 58.4 Å². The van der Waals surface area contributed by atoms with Crippen molar-refractivity contribution in [1.29, 1.82) is 0 Å². The van der Waals surface area contributed by atoms with Gasteiger partial charge in [0.1, 0.15) is 0 Å². The number of nitrogens with zero attached hydrogens (tertiary/aromatic N) is 1. The molecule has 0 aliphatic carbocycles. The minimum absolute atomic E-state index is 0.00763. The third kappa shape index (κ3) is 3.66. The summed E-state index contributed by atoms with van der Waals surface area (Å²) in [5, 5.41) is 3.90. The van der Waals surface area contributed by atoms with Gasteiger partial charge in [-0.1, -0.05) is 0 Å². The fourth-order valence-corrected chi connectivity index (χ4v) is 3.77. The van der Waals surface area contributed by atoms with E-state index in [1.165, 1.54) is 0 Å². The second kappa shape index (κ2) is 6.76. The summed E-state index contributed by atoms with van der Waals surface area (Å²) >= 11 is 1.55. The van der Waals surface area contributed by atoms with Gasteiger partial charge in [-0.25, -0.2) is 21.9 Å². The van der Waals surface area contributed by atoms with Crippen LogP contribution in [-0.2, 0) is 16.6 Å². The van der Waals surface area contributed by atoms with Crippen LogP contribution in [0.2, 0.25) is 0 Å². The Bertz CT molecular complexity index is 958. The Kier molecular flexibility index (Phi) is 4.70. The highest BCUT2D eigenvalue weighted by atomic mass is 32.2. The minimum atomic E-state index is -3.95. The Morgan fingerprint density at radius 1 is 1.04 bits per heavy atom. The van der Waals surface area contributed by atoms with Gasteiger partial charge in [0.15, 0.2) is 11.6 Å². The van der Waals surface area contributed by atoms with E-state index in [1.54, 1.807) is 23.7 Å². The molecule has 124 valence electrons. The highest BCUT2D eigenvalue weighted by Gasteiger charge is 2.16. The van der Waals surface area contributed by atoms with Gasteiger partial charge < -0.3 is 0 Å². The van der Waals surface area contributed by atoms with E-state index in [-0.39, 0.29) is 11.4 Å². The molecule has 24 heavy (non-hydrogen) atoms. The van der Waals surface area contributed by atoms with Gasteiger partial charge in [-0.3, -0.25) is 4.98 Å². The first-order chi connectivity index (χ1) is 11.5. The zero-order valence-corrected chi connectivity index (χ0v) is 13.9. The van der Waals surface area contributed by atoms with E-state index in [9.17, 15) is 17.2 Å². The normalized spacial score (nSPS) is 11.6. The number of hydrogen-bond donors (Lipinski definition) is 1. The molecule has 1 aromatic carbocycles. The van der Waals surface area contributed by atoms with Gasteiger partial charge in [-0.2, -0.15) is 11.3 Å². The van der Waals surface area contributed by atoms with Crippen LogP contribution in [0.3, 0.4) is 0 Å². The molecule has 0 saturated heterocycles. The Balaban J connectivity index is 1.77. The lowest BCUT2D eigenvalue weighted by molar-refractivity contribution is 0.504. The highest BCUT2D eigenvalue weighted by molar-refractivity contribution is 7.89. The quantitative estimate of drug-likeness (QED) is 0.751. The van der Waals surface area contributed by atoms with Crippen LogP contribution in [0.1, 0.15) is 5.56 Å². The molecule has 0 radical (unpaired) electrons. The van der Waals surface area contributed by atoms with E-state index >= 15 is 0 Å². The van der Waals surface area contributed by atoms with E-state index in [4.69, 9.17) is 0 Å². The lowest BCUT2D eigenvalue weighted by Gasteiger charge is -2.08. The molecule has 1 N–H and O–H groups in total. The van der Waals surface area contributed by atoms with Gasteiger partial charge >= 0.3 is 0 Å². The van der Waals surface area contributed by atoms with E-state index < -0.39 is 21.7 Å². The van der Waals surface area contributed by atoms with Crippen molar-refractivity contribution in [2.24, 2.45) is 0 Å². The van der Waals surface area contributed by atoms with Crippen molar-refractivity contribution in [3.63, 3.8) is 0 Å². The molecular formula is C16H12F2N2O2S2. The molecule has 2 aromatic heterocycles. The van der Waals surface area contributed by atoms with Crippen molar-refractivity contribution in [3.05, 3.63) is 70.7 Å². The topological polar surface area (TPSA) is 59.1 Å². The van der Waals surface area contributed by atoms with Crippen LogP contribution in [0.25, 0.3) is 11.1 Å². The van der Waals surface area contributed by atoms with E-state index in [0.29, 0.717) is 11.6 Å². The number of benzene rings is 1. The number of hydrogen-bond acceptors (Lipinski definition) is 4. The smallest absolute Gasteiger partial charge is 0.240 e. The number of nitrogens with one attached hydrogen (secondary N) is 1. The first kappa shape index (κ1) is 16.7. The average Bonchev–Trinajstić information content (AvgIpc) is 3.10. The summed E-state index contributed by atoms with van der Waals surface area (Å²) in [4.78, 5) is 3.77. The molecule has 0 unspecified atom stereocenters. The number of aromatic nitrogens is 1. The largest absolute Gasteiger partial charge is 0.264 e. The molecule has 8 heteroatoms. The molecule has 0 aliphatic heterocycles. The molecule has 0 fully saturated rings.